The largest absolute Gasteiger partial charge is 0.375 e. The summed E-state index contributed by atoms with van der Waals surface area (Å²) in [6, 6.07) is 8.57. The third-order valence-corrected chi connectivity index (χ3v) is 3.92. The third-order valence-electron chi connectivity index (χ3n) is 3.92. The summed E-state index contributed by atoms with van der Waals surface area (Å²) in [5, 5.41) is 6.30. The quantitative estimate of drug-likeness (QED) is 0.849. The number of amides is 1. The van der Waals surface area contributed by atoms with Crippen LogP contribution < -0.4 is 10.6 Å². The molecule has 0 saturated carbocycles. The highest BCUT2D eigenvalue weighted by atomic mass is 16.5. The normalized spacial score (nSPS) is 19.9. The first kappa shape index (κ1) is 17.0. The summed E-state index contributed by atoms with van der Waals surface area (Å²) in [5.74, 6) is 0.708. The molecule has 0 radical (unpaired) electrons. The van der Waals surface area contributed by atoms with E-state index in [4.69, 9.17) is 4.74 Å². The fraction of sp³-hybridized carbons (Fsp3) is 0.611. The minimum atomic E-state index is -0.00521. The second-order valence-electron chi connectivity index (χ2n) is 6.53. The fourth-order valence-corrected chi connectivity index (χ4v) is 2.76. The van der Waals surface area contributed by atoms with Crippen molar-refractivity contribution >= 4 is 5.91 Å². The van der Waals surface area contributed by atoms with Crippen LogP contribution in [0.15, 0.2) is 24.3 Å². The molecule has 0 aliphatic carbocycles. The van der Waals surface area contributed by atoms with Crippen molar-refractivity contribution in [2.75, 3.05) is 19.7 Å². The molecule has 4 nitrogen and oxygen atoms in total. The van der Waals surface area contributed by atoms with Crippen LogP contribution in [0.5, 0.6) is 0 Å². The number of carbonyl (C=O) groups is 1. The van der Waals surface area contributed by atoms with E-state index in [1.165, 1.54) is 5.56 Å². The first-order valence-corrected chi connectivity index (χ1v) is 8.25. The first-order chi connectivity index (χ1) is 10.5. The van der Waals surface area contributed by atoms with Gasteiger partial charge in [0.2, 0.25) is 5.91 Å². The van der Waals surface area contributed by atoms with E-state index in [1.807, 2.05) is 6.92 Å². The van der Waals surface area contributed by atoms with Gasteiger partial charge in [0.15, 0.2) is 0 Å². The molecule has 1 aromatic carbocycles. The second kappa shape index (κ2) is 8.30. The van der Waals surface area contributed by atoms with Gasteiger partial charge in [-0.2, -0.15) is 0 Å². The molecule has 0 aromatic heterocycles. The van der Waals surface area contributed by atoms with Crippen molar-refractivity contribution in [3.63, 3.8) is 0 Å². The monoisotopic (exact) mass is 304 g/mol. The predicted molar refractivity (Wildman–Crippen MR) is 88.8 cm³/mol. The van der Waals surface area contributed by atoms with Crippen molar-refractivity contribution in [2.45, 2.75) is 45.8 Å². The molecule has 1 aliphatic heterocycles. The molecular formula is C18H28N2O2. The third kappa shape index (κ3) is 5.43. The molecule has 2 atom stereocenters. The van der Waals surface area contributed by atoms with Gasteiger partial charge in [-0.25, -0.2) is 0 Å². The Hall–Kier alpha value is -1.39. The number of benzene rings is 1. The summed E-state index contributed by atoms with van der Waals surface area (Å²) < 4.78 is 5.57. The number of carbonyl (C=O) groups excluding carboxylic acids is 1. The van der Waals surface area contributed by atoms with Crippen molar-refractivity contribution in [1.29, 1.82) is 0 Å². The Kier molecular flexibility index (Phi) is 6.40. The molecule has 1 amide bonds. The van der Waals surface area contributed by atoms with E-state index < -0.39 is 0 Å². The van der Waals surface area contributed by atoms with E-state index >= 15 is 0 Å². The van der Waals surface area contributed by atoms with Crippen molar-refractivity contribution in [3.8, 4) is 0 Å². The highest BCUT2D eigenvalue weighted by Crippen LogP contribution is 2.16. The van der Waals surface area contributed by atoms with Gasteiger partial charge in [0.1, 0.15) is 0 Å². The molecular weight excluding hydrogens is 276 g/mol. The maximum Gasteiger partial charge on any atom is 0.223 e. The predicted octanol–water partition coefficient (Wildman–Crippen LogP) is 2.44. The molecule has 1 heterocycles. The number of rotatable bonds is 6. The average Bonchev–Trinajstić information content (AvgIpc) is 2.48. The van der Waals surface area contributed by atoms with Gasteiger partial charge in [-0.3, -0.25) is 4.79 Å². The standard InChI is InChI=1S/C18H28N2O2/c1-13(2)10-15-4-6-16(7-5-15)14(3)20-18(21)11-17-12-19-8-9-22-17/h4-7,13-14,17,19H,8-12H2,1-3H3,(H,20,21). The Morgan fingerprint density at radius 3 is 2.64 bits per heavy atom. The van der Waals surface area contributed by atoms with Crippen LogP contribution in [0.4, 0.5) is 0 Å². The number of morpholine rings is 1. The molecule has 1 saturated heterocycles. The van der Waals surface area contributed by atoms with Gasteiger partial charge in [-0.1, -0.05) is 38.1 Å². The SMILES string of the molecule is CC(C)Cc1ccc(C(C)NC(=O)CC2CNCCO2)cc1. The summed E-state index contributed by atoms with van der Waals surface area (Å²) in [6.07, 6.45) is 1.50. The molecule has 1 fully saturated rings. The van der Waals surface area contributed by atoms with Crippen LogP contribution in [0.1, 0.15) is 44.4 Å². The van der Waals surface area contributed by atoms with Gasteiger partial charge in [0.25, 0.3) is 0 Å². The van der Waals surface area contributed by atoms with Gasteiger partial charge in [-0.15, -0.1) is 0 Å². The fourth-order valence-electron chi connectivity index (χ4n) is 2.76. The smallest absolute Gasteiger partial charge is 0.223 e. The van der Waals surface area contributed by atoms with Crippen molar-refractivity contribution in [2.24, 2.45) is 5.92 Å². The number of hydrogen-bond acceptors (Lipinski definition) is 3. The van der Waals surface area contributed by atoms with E-state index in [9.17, 15) is 4.79 Å². The van der Waals surface area contributed by atoms with E-state index in [0.717, 1.165) is 25.1 Å². The Bertz CT molecular complexity index is 464. The van der Waals surface area contributed by atoms with Crippen LogP contribution >= 0.6 is 0 Å². The lowest BCUT2D eigenvalue weighted by Crippen LogP contribution is -2.41. The molecule has 2 rings (SSSR count). The maximum atomic E-state index is 12.1. The van der Waals surface area contributed by atoms with Crippen molar-refractivity contribution in [3.05, 3.63) is 35.4 Å². The summed E-state index contributed by atoms with van der Waals surface area (Å²) in [7, 11) is 0. The van der Waals surface area contributed by atoms with E-state index in [0.29, 0.717) is 18.9 Å². The van der Waals surface area contributed by atoms with Gasteiger partial charge >= 0.3 is 0 Å². The molecule has 2 N–H and O–H groups in total. The second-order valence-corrected chi connectivity index (χ2v) is 6.53. The summed E-state index contributed by atoms with van der Waals surface area (Å²) in [6.45, 7) is 8.78. The maximum absolute atomic E-state index is 12.1. The van der Waals surface area contributed by atoms with Gasteiger partial charge in [0.05, 0.1) is 25.2 Å². The van der Waals surface area contributed by atoms with Crippen LogP contribution in [-0.4, -0.2) is 31.7 Å². The average molecular weight is 304 g/mol. The van der Waals surface area contributed by atoms with E-state index in [1.54, 1.807) is 0 Å². The molecule has 2 unspecified atom stereocenters. The van der Waals surface area contributed by atoms with Crippen LogP contribution in [0.2, 0.25) is 0 Å². The van der Waals surface area contributed by atoms with Gasteiger partial charge in [-0.05, 0) is 30.4 Å². The first-order valence-electron chi connectivity index (χ1n) is 8.25. The van der Waals surface area contributed by atoms with E-state index in [-0.39, 0.29) is 18.1 Å². The number of hydrogen-bond donors (Lipinski definition) is 2. The summed E-state index contributed by atoms with van der Waals surface area (Å²) in [5.41, 5.74) is 2.49. The molecule has 0 spiro atoms. The lowest BCUT2D eigenvalue weighted by atomic mass is 10.00. The Labute approximate surface area is 133 Å². The zero-order valence-electron chi connectivity index (χ0n) is 13.9. The summed E-state index contributed by atoms with van der Waals surface area (Å²) >= 11 is 0. The van der Waals surface area contributed by atoms with Crippen LogP contribution in [0.25, 0.3) is 0 Å². The molecule has 122 valence electrons. The zero-order valence-corrected chi connectivity index (χ0v) is 13.9. The molecule has 1 aliphatic rings. The molecule has 0 bridgehead atoms. The topological polar surface area (TPSA) is 50.4 Å². The van der Waals surface area contributed by atoms with Crippen LogP contribution in [0, 0.1) is 5.92 Å². The minimum absolute atomic E-state index is 0.00521. The zero-order chi connectivity index (χ0) is 15.9. The molecule has 22 heavy (non-hydrogen) atoms. The van der Waals surface area contributed by atoms with Gasteiger partial charge < -0.3 is 15.4 Å². The Morgan fingerprint density at radius 2 is 2.05 bits per heavy atom. The lowest BCUT2D eigenvalue weighted by Gasteiger charge is -2.24. The highest BCUT2D eigenvalue weighted by molar-refractivity contribution is 5.77. The minimum Gasteiger partial charge on any atom is -0.375 e. The molecule has 4 heteroatoms. The molecule has 1 aromatic rings. The van der Waals surface area contributed by atoms with Crippen molar-refractivity contribution < 1.29 is 9.53 Å². The summed E-state index contributed by atoms with van der Waals surface area (Å²) in [4.78, 5) is 12.1. The van der Waals surface area contributed by atoms with Crippen LogP contribution in [-0.2, 0) is 16.0 Å². The van der Waals surface area contributed by atoms with Crippen LogP contribution in [0.3, 0.4) is 0 Å². The van der Waals surface area contributed by atoms with E-state index in [2.05, 4.69) is 48.7 Å². The van der Waals surface area contributed by atoms with Crippen molar-refractivity contribution in [1.82, 2.24) is 10.6 Å². The highest BCUT2D eigenvalue weighted by Gasteiger charge is 2.18. The Balaban J connectivity index is 1.82. The van der Waals surface area contributed by atoms with Gasteiger partial charge in [0, 0.05) is 13.1 Å². The number of nitrogens with one attached hydrogen (secondary N) is 2. The Morgan fingerprint density at radius 1 is 1.32 bits per heavy atom. The lowest BCUT2D eigenvalue weighted by molar-refractivity contribution is -0.125. The number of ether oxygens (including phenoxy) is 1.